The van der Waals surface area contributed by atoms with Crippen LogP contribution < -0.4 is 10.2 Å². The monoisotopic (exact) mass is 367 g/mol. The molecule has 1 fully saturated rings. The van der Waals surface area contributed by atoms with Crippen molar-refractivity contribution in [3.8, 4) is 5.75 Å². The number of anilines is 1. The molecule has 0 saturated carbocycles. The van der Waals surface area contributed by atoms with Crippen LogP contribution in [-0.2, 0) is 4.79 Å². The zero-order valence-electron chi connectivity index (χ0n) is 16.0. The average Bonchev–Trinajstić information content (AvgIpc) is 2.69. The molecule has 1 heterocycles. The van der Waals surface area contributed by atoms with Crippen molar-refractivity contribution in [1.29, 1.82) is 0 Å². The van der Waals surface area contributed by atoms with Crippen LogP contribution in [0, 0.1) is 0 Å². The van der Waals surface area contributed by atoms with E-state index < -0.39 is 0 Å². The minimum absolute atomic E-state index is 0.0752. The lowest BCUT2D eigenvalue weighted by Gasteiger charge is -2.36. The zero-order chi connectivity index (χ0) is 19.1. The number of nitrogens with one attached hydrogen (secondary N) is 1. The predicted octanol–water partition coefficient (Wildman–Crippen LogP) is 3.17. The van der Waals surface area contributed by atoms with Crippen LogP contribution >= 0.6 is 0 Å². The molecule has 1 aliphatic heterocycles. The van der Waals surface area contributed by atoms with Gasteiger partial charge in [-0.25, -0.2) is 0 Å². The number of benzene rings is 2. The summed E-state index contributed by atoms with van der Waals surface area (Å²) in [5, 5.41) is 13.2. The van der Waals surface area contributed by atoms with Crippen molar-refractivity contribution >= 4 is 11.6 Å². The van der Waals surface area contributed by atoms with Gasteiger partial charge in [0.15, 0.2) is 0 Å². The standard InChI is InChI=1S/C22H29N3O2/c1-2-8-19(18-9-4-3-5-10-18)23-22(27)17-24-13-15-25(16-14-24)20-11-6-7-12-21(20)26/h3-7,9-12,19,26H,2,8,13-17H2,1H3,(H,23,27)/t19-/m1/s1. The third-order valence-corrected chi connectivity index (χ3v) is 5.08. The maximum absolute atomic E-state index is 12.6. The first-order valence-corrected chi connectivity index (χ1v) is 9.77. The summed E-state index contributed by atoms with van der Waals surface area (Å²) in [6.45, 7) is 5.79. The molecule has 0 spiro atoms. The van der Waals surface area contributed by atoms with Crippen molar-refractivity contribution in [3.05, 3.63) is 60.2 Å². The molecule has 0 radical (unpaired) electrons. The maximum atomic E-state index is 12.6. The summed E-state index contributed by atoms with van der Waals surface area (Å²) in [7, 11) is 0. The van der Waals surface area contributed by atoms with Crippen molar-refractivity contribution in [3.63, 3.8) is 0 Å². The Morgan fingerprint density at radius 3 is 2.37 bits per heavy atom. The summed E-state index contributed by atoms with van der Waals surface area (Å²) >= 11 is 0. The van der Waals surface area contributed by atoms with Crippen molar-refractivity contribution in [2.75, 3.05) is 37.6 Å². The smallest absolute Gasteiger partial charge is 0.234 e. The minimum atomic E-state index is 0.0752. The van der Waals surface area contributed by atoms with Gasteiger partial charge < -0.3 is 15.3 Å². The lowest BCUT2D eigenvalue weighted by Crippen LogP contribution is -2.49. The van der Waals surface area contributed by atoms with Crippen LogP contribution in [0.3, 0.4) is 0 Å². The van der Waals surface area contributed by atoms with Crippen LogP contribution in [0.5, 0.6) is 5.75 Å². The van der Waals surface area contributed by atoms with Gasteiger partial charge >= 0.3 is 0 Å². The lowest BCUT2D eigenvalue weighted by atomic mass is 10.0. The molecule has 5 nitrogen and oxygen atoms in total. The second-order valence-electron chi connectivity index (χ2n) is 7.07. The van der Waals surface area contributed by atoms with E-state index in [0.29, 0.717) is 12.3 Å². The first kappa shape index (κ1) is 19.2. The molecule has 1 saturated heterocycles. The maximum Gasteiger partial charge on any atom is 0.234 e. The van der Waals surface area contributed by atoms with E-state index in [0.717, 1.165) is 50.3 Å². The third-order valence-electron chi connectivity index (χ3n) is 5.08. The number of nitrogens with zero attached hydrogens (tertiary/aromatic N) is 2. The normalized spacial score (nSPS) is 16.1. The Kier molecular flexibility index (Phi) is 6.71. The van der Waals surface area contributed by atoms with Crippen LogP contribution in [0.4, 0.5) is 5.69 Å². The van der Waals surface area contributed by atoms with E-state index in [9.17, 15) is 9.90 Å². The molecule has 1 atom stereocenters. The highest BCUT2D eigenvalue weighted by Crippen LogP contribution is 2.27. The summed E-state index contributed by atoms with van der Waals surface area (Å²) < 4.78 is 0. The minimum Gasteiger partial charge on any atom is -0.506 e. The number of hydrogen-bond donors (Lipinski definition) is 2. The summed E-state index contributed by atoms with van der Waals surface area (Å²) in [6.07, 6.45) is 1.97. The van der Waals surface area contributed by atoms with E-state index in [-0.39, 0.29) is 11.9 Å². The molecule has 1 aliphatic rings. The van der Waals surface area contributed by atoms with Gasteiger partial charge in [0.05, 0.1) is 18.3 Å². The van der Waals surface area contributed by atoms with Crippen molar-refractivity contribution in [2.24, 2.45) is 0 Å². The first-order valence-electron chi connectivity index (χ1n) is 9.77. The Bertz CT molecular complexity index is 727. The third kappa shape index (κ3) is 5.23. The van der Waals surface area contributed by atoms with Gasteiger partial charge in [-0.1, -0.05) is 55.8 Å². The second kappa shape index (κ2) is 9.42. The molecule has 144 valence electrons. The molecule has 3 rings (SSSR count). The van der Waals surface area contributed by atoms with Crippen LogP contribution in [0.25, 0.3) is 0 Å². The molecule has 2 N–H and O–H groups in total. The Morgan fingerprint density at radius 2 is 1.70 bits per heavy atom. The predicted molar refractivity (Wildman–Crippen MR) is 109 cm³/mol. The fourth-order valence-corrected chi connectivity index (χ4v) is 3.62. The highest BCUT2D eigenvalue weighted by molar-refractivity contribution is 5.78. The zero-order valence-corrected chi connectivity index (χ0v) is 16.0. The molecular formula is C22H29N3O2. The van der Waals surface area contributed by atoms with Crippen molar-refractivity contribution in [1.82, 2.24) is 10.2 Å². The molecule has 1 amide bonds. The molecule has 27 heavy (non-hydrogen) atoms. The Morgan fingerprint density at radius 1 is 1.04 bits per heavy atom. The van der Waals surface area contributed by atoms with E-state index >= 15 is 0 Å². The molecule has 5 heteroatoms. The molecule has 0 aromatic heterocycles. The SMILES string of the molecule is CCC[C@@H](NC(=O)CN1CCN(c2ccccc2O)CC1)c1ccccc1. The fourth-order valence-electron chi connectivity index (χ4n) is 3.62. The number of hydrogen-bond acceptors (Lipinski definition) is 4. The number of para-hydroxylation sites is 2. The fraction of sp³-hybridized carbons (Fsp3) is 0.409. The number of piperazine rings is 1. The second-order valence-corrected chi connectivity index (χ2v) is 7.07. The summed E-state index contributed by atoms with van der Waals surface area (Å²) in [5.74, 6) is 0.391. The van der Waals surface area contributed by atoms with E-state index in [1.165, 1.54) is 0 Å². The van der Waals surface area contributed by atoms with E-state index in [4.69, 9.17) is 0 Å². The Balaban J connectivity index is 1.51. The van der Waals surface area contributed by atoms with E-state index in [1.807, 2.05) is 36.4 Å². The van der Waals surface area contributed by atoms with Gasteiger partial charge in [0.2, 0.25) is 5.91 Å². The summed E-state index contributed by atoms with van der Waals surface area (Å²) in [5.41, 5.74) is 2.03. The highest BCUT2D eigenvalue weighted by atomic mass is 16.3. The summed E-state index contributed by atoms with van der Waals surface area (Å²) in [6, 6.07) is 17.7. The van der Waals surface area contributed by atoms with Crippen LogP contribution in [0.1, 0.15) is 31.4 Å². The number of carbonyl (C=O) groups excluding carboxylic acids is 1. The Hall–Kier alpha value is -2.53. The molecule has 0 aliphatic carbocycles. The van der Waals surface area contributed by atoms with Crippen LogP contribution in [0.15, 0.2) is 54.6 Å². The number of aromatic hydroxyl groups is 1. The lowest BCUT2D eigenvalue weighted by molar-refractivity contribution is -0.123. The number of phenols is 1. The number of carbonyl (C=O) groups is 1. The quantitative estimate of drug-likeness (QED) is 0.789. The van der Waals surface area contributed by atoms with Gasteiger partial charge in [-0.05, 0) is 24.1 Å². The first-order chi connectivity index (χ1) is 13.2. The molecule has 0 unspecified atom stereocenters. The number of amides is 1. The topological polar surface area (TPSA) is 55.8 Å². The van der Waals surface area contributed by atoms with Crippen LogP contribution in [0.2, 0.25) is 0 Å². The molecular weight excluding hydrogens is 338 g/mol. The van der Waals surface area contributed by atoms with Gasteiger partial charge in [0.25, 0.3) is 0 Å². The van der Waals surface area contributed by atoms with Crippen molar-refractivity contribution in [2.45, 2.75) is 25.8 Å². The molecule has 0 bridgehead atoms. The van der Waals surface area contributed by atoms with Crippen LogP contribution in [-0.4, -0.2) is 48.6 Å². The highest BCUT2D eigenvalue weighted by Gasteiger charge is 2.22. The van der Waals surface area contributed by atoms with E-state index in [2.05, 4.69) is 34.2 Å². The number of rotatable bonds is 7. The van der Waals surface area contributed by atoms with E-state index in [1.54, 1.807) is 6.07 Å². The largest absolute Gasteiger partial charge is 0.506 e. The molecule has 2 aromatic carbocycles. The van der Waals surface area contributed by atoms with Gasteiger partial charge in [0, 0.05) is 26.2 Å². The van der Waals surface area contributed by atoms with Gasteiger partial charge in [0.1, 0.15) is 5.75 Å². The van der Waals surface area contributed by atoms with Gasteiger partial charge in [-0.15, -0.1) is 0 Å². The van der Waals surface area contributed by atoms with Crippen molar-refractivity contribution < 1.29 is 9.90 Å². The summed E-state index contributed by atoms with van der Waals surface area (Å²) in [4.78, 5) is 16.9. The Labute approximate surface area is 161 Å². The van der Waals surface area contributed by atoms with Gasteiger partial charge in [-0.3, -0.25) is 9.69 Å². The molecule has 2 aromatic rings. The average molecular weight is 367 g/mol. The van der Waals surface area contributed by atoms with Gasteiger partial charge in [-0.2, -0.15) is 0 Å². The number of phenolic OH excluding ortho intramolecular Hbond substituents is 1.